The molecule has 0 saturated carbocycles. The van der Waals surface area contributed by atoms with E-state index in [0.717, 1.165) is 6.26 Å². The van der Waals surface area contributed by atoms with Crippen molar-refractivity contribution in [1.29, 1.82) is 0 Å². The Balaban J connectivity index is 3.75. The summed E-state index contributed by atoms with van der Waals surface area (Å²) in [6, 6.07) is 0. The minimum absolute atomic E-state index is 0.0487. The van der Waals surface area contributed by atoms with Gasteiger partial charge in [-0.2, -0.15) is 8.42 Å². The molecule has 0 heterocycles. The summed E-state index contributed by atoms with van der Waals surface area (Å²) >= 11 is 0. The van der Waals surface area contributed by atoms with Gasteiger partial charge in [0, 0.05) is 6.42 Å². The molecule has 0 spiro atoms. The lowest BCUT2D eigenvalue weighted by Crippen LogP contribution is -2.10. The Hall–Kier alpha value is -0.160. The molecule has 0 rings (SSSR count). The van der Waals surface area contributed by atoms with Gasteiger partial charge in [-0.15, -0.1) is 0 Å². The molecular weight excluding hydrogens is 147 g/mol. The summed E-state index contributed by atoms with van der Waals surface area (Å²) in [6.07, 6.45) is -0.831. The molecule has 0 aromatic carbocycles. The summed E-state index contributed by atoms with van der Waals surface area (Å²) < 4.78 is 36.2. The van der Waals surface area contributed by atoms with Gasteiger partial charge in [0.2, 0.25) is 6.36 Å². The fraction of sp³-hybridized carbons (Fsp3) is 1.00. The van der Waals surface area contributed by atoms with Crippen LogP contribution in [-0.4, -0.2) is 21.0 Å². The van der Waals surface area contributed by atoms with Crippen LogP contribution in [0.25, 0.3) is 0 Å². The van der Waals surface area contributed by atoms with Crippen LogP contribution in [0.2, 0.25) is 0 Å². The van der Waals surface area contributed by atoms with E-state index in [1.807, 2.05) is 0 Å². The molecule has 0 aromatic rings. The molecular formula is C4H9FO3S. The molecule has 0 saturated heterocycles. The molecule has 0 aliphatic rings. The van der Waals surface area contributed by atoms with E-state index in [1.54, 1.807) is 0 Å². The van der Waals surface area contributed by atoms with Gasteiger partial charge in [0.1, 0.15) is 0 Å². The molecule has 0 amide bonds. The van der Waals surface area contributed by atoms with Crippen LogP contribution in [0.3, 0.4) is 0 Å². The second kappa shape index (κ2) is 3.12. The van der Waals surface area contributed by atoms with Gasteiger partial charge in [-0.25, -0.2) is 8.57 Å². The first-order valence-corrected chi connectivity index (χ1v) is 4.29. The van der Waals surface area contributed by atoms with Crippen molar-refractivity contribution < 1.29 is 17.0 Å². The van der Waals surface area contributed by atoms with Gasteiger partial charge in [0.05, 0.1) is 6.26 Å². The Kier molecular flexibility index (Phi) is 3.07. The number of hydrogen-bond donors (Lipinski definition) is 0. The number of alkyl halides is 1. The van der Waals surface area contributed by atoms with Crippen molar-refractivity contribution in [3.8, 4) is 0 Å². The van der Waals surface area contributed by atoms with Crippen molar-refractivity contribution in [1.82, 2.24) is 0 Å². The average molecular weight is 156 g/mol. The highest BCUT2D eigenvalue weighted by Crippen LogP contribution is 2.01. The zero-order valence-electron chi connectivity index (χ0n) is 5.30. The normalized spacial score (nSPS) is 15.4. The van der Waals surface area contributed by atoms with Crippen molar-refractivity contribution in [3.63, 3.8) is 0 Å². The monoisotopic (exact) mass is 156 g/mol. The predicted octanol–water partition coefficient (Wildman–Crippen LogP) is 0.668. The third-order valence-electron chi connectivity index (χ3n) is 0.600. The molecule has 9 heavy (non-hydrogen) atoms. The second-order valence-corrected chi connectivity index (χ2v) is 3.22. The molecule has 56 valence electrons. The highest BCUT2D eigenvalue weighted by Gasteiger charge is 2.10. The molecule has 1 atom stereocenters. The molecule has 0 radical (unpaired) electrons. The van der Waals surface area contributed by atoms with Gasteiger partial charge in [0.25, 0.3) is 10.1 Å². The van der Waals surface area contributed by atoms with E-state index in [4.69, 9.17) is 0 Å². The first-order chi connectivity index (χ1) is 3.95. The van der Waals surface area contributed by atoms with E-state index < -0.39 is 16.5 Å². The van der Waals surface area contributed by atoms with Crippen LogP contribution >= 0.6 is 0 Å². The highest BCUT2D eigenvalue weighted by atomic mass is 32.2. The van der Waals surface area contributed by atoms with E-state index in [2.05, 4.69) is 4.18 Å². The summed E-state index contributed by atoms with van der Waals surface area (Å²) in [6.45, 7) is 1.50. The van der Waals surface area contributed by atoms with Gasteiger partial charge in [-0.3, -0.25) is 0 Å². The Morgan fingerprint density at radius 1 is 1.67 bits per heavy atom. The van der Waals surface area contributed by atoms with Gasteiger partial charge in [-0.1, -0.05) is 6.92 Å². The van der Waals surface area contributed by atoms with Crippen molar-refractivity contribution in [3.05, 3.63) is 0 Å². The largest absolute Gasteiger partial charge is 0.267 e. The summed E-state index contributed by atoms with van der Waals surface area (Å²) in [7, 11) is -3.61. The van der Waals surface area contributed by atoms with E-state index in [-0.39, 0.29) is 6.42 Å². The standard InChI is InChI=1S/C4H9FO3S/c1-3-4(5)8-9(2,6)7/h4H,3H2,1-2H3. The maximum Gasteiger partial charge on any atom is 0.267 e. The lowest BCUT2D eigenvalue weighted by Gasteiger charge is -2.02. The third-order valence-corrected chi connectivity index (χ3v) is 1.16. The van der Waals surface area contributed by atoms with Crippen LogP contribution in [0.15, 0.2) is 0 Å². The van der Waals surface area contributed by atoms with E-state index in [1.165, 1.54) is 6.92 Å². The smallest absolute Gasteiger partial charge is 0.233 e. The summed E-state index contributed by atoms with van der Waals surface area (Å²) in [5.74, 6) is 0. The van der Waals surface area contributed by atoms with Crippen LogP contribution in [0, 0.1) is 0 Å². The highest BCUT2D eigenvalue weighted by molar-refractivity contribution is 7.86. The number of hydrogen-bond acceptors (Lipinski definition) is 3. The summed E-state index contributed by atoms with van der Waals surface area (Å²) in [4.78, 5) is 0. The Morgan fingerprint density at radius 3 is 2.22 bits per heavy atom. The summed E-state index contributed by atoms with van der Waals surface area (Å²) in [5, 5.41) is 0. The van der Waals surface area contributed by atoms with Crippen molar-refractivity contribution in [2.24, 2.45) is 0 Å². The Morgan fingerprint density at radius 2 is 2.11 bits per heavy atom. The van der Waals surface area contributed by atoms with Crippen LogP contribution in [0.4, 0.5) is 4.39 Å². The predicted molar refractivity (Wildman–Crippen MR) is 31.1 cm³/mol. The number of rotatable bonds is 3. The molecule has 0 aromatic heterocycles. The topological polar surface area (TPSA) is 43.4 Å². The van der Waals surface area contributed by atoms with E-state index in [0.29, 0.717) is 0 Å². The van der Waals surface area contributed by atoms with E-state index in [9.17, 15) is 12.8 Å². The van der Waals surface area contributed by atoms with Gasteiger partial charge in [-0.05, 0) is 0 Å². The van der Waals surface area contributed by atoms with Crippen molar-refractivity contribution in [2.45, 2.75) is 19.7 Å². The molecule has 0 aliphatic heterocycles. The summed E-state index contributed by atoms with van der Waals surface area (Å²) in [5.41, 5.74) is 0. The van der Waals surface area contributed by atoms with Crippen LogP contribution in [0.5, 0.6) is 0 Å². The fourth-order valence-corrected chi connectivity index (χ4v) is 0.773. The van der Waals surface area contributed by atoms with Crippen LogP contribution < -0.4 is 0 Å². The van der Waals surface area contributed by atoms with Crippen molar-refractivity contribution >= 4 is 10.1 Å². The first-order valence-electron chi connectivity index (χ1n) is 2.48. The fourth-order valence-electron chi connectivity index (χ4n) is 0.258. The third kappa shape index (κ3) is 5.72. The van der Waals surface area contributed by atoms with Crippen molar-refractivity contribution in [2.75, 3.05) is 6.26 Å². The minimum atomic E-state index is -3.61. The zero-order chi connectivity index (χ0) is 7.49. The minimum Gasteiger partial charge on any atom is -0.233 e. The Labute approximate surface area is 53.9 Å². The lowest BCUT2D eigenvalue weighted by molar-refractivity contribution is 0.0723. The van der Waals surface area contributed by atoms with Gasteiger partial charge < -0.3 is 0 Å². The van der Waals surface area contributed by atoms with Gasteiger partial charge >= 0.3 is 0 Å². The average Bonchev–Trinajstić information content (AvgIpc) is 1.62. The maximum atomic E-state index is 12.0. The second-order valence-electron chi connectivity index (χ2n) is 1.62. The zero-order valence-corrected chi connectivity index (χ0v) is 6.11. The first kappa shape index (κ1) is 8.84. The van der Waals surface area contributed by atoms with Crippen LogP contribution in [0.1, 0.15) is 13.3 Å². The van der Waals surface area contributed by atoms with Gasteiger partial charge in [0.15, 0.2) is 0 Å². The molecule has 1 unspecified atom stereocenters. The molecule has 0 bridgehead atoms. The molecule has 0 N–H and O–H groups in total. The van der Waals surface area contributed by atoms with E-state index >= 15 is 0 Å². The van der Waals surface area contributed by atoms with Crippen LogP contribution in [-0.2, 0) is 14.3 Å². The quantitative estimate of drug-likeness (QED) is 0.564. The molecule has 3 nitrogen and oxygen atoms in total. The maximum absolute atomic E-state index is 12.0. The Bertz CT molecular complexity index is 163. The lowest BCUT2D eigenvalue weighted by atomic mass is 10.5. The molecule has 5 heteroatoms. The number of halogens is 1. The molecule has 0 fully saturated rings. The SMILES string of the molecule is CCC(F)OS(C)(=O)=O. The molecule has 0 aliphatic carbocycles.